The molecule has 0 fully saturated rings. The monoisotopic (exact) mass is 241 g/mol. The molecule has 2 aromatic rings. The summed E-state index contributed by atoms with van der Waals surface area (Å²) < 4.78 is 5.66. The van der Waals surface area contributed by atoms with E-state index < -0.39 is 0 Å². The van der Waals surface area contributed by atoms with Gasteiger partial charge in [-0.1, -0.05) is 37.3 Å². The molecule has 0 aliphatic rings. The van der Waals surface area contributed by atoms with Crippen LogP contribution in [0.5, 0.6) is 5.75 Å². The lowest BCUT2D eigenvalue weighted by atomic mass is 10.2. The van der Waals surface area contributed by atoms with Gasteiger partial charge in [0.2, 0.25) is 0 Å². The number of rotatable bonds is 6. The van der Waals surface area contributed by atoms with Crippen LogP contribution in [0.4, 0.5) is 5.69 Å². The molecular formula is C16H19NO. The van der Waals surface area contributed by atoms with Gasteiger partial charge in [0.1, 0.15) is 12.4 Å². The van der Waals surface area contributed by atoms with Crippen LogP contribution in [-0.2, 0) is 6.42 Å². The van der Waals surface area contributed by atoms with Crippen molar-refractivity contribution in [1.29, 1.82) is 0 Å². The van der Waals surface area contributed by atoms with Crippen LogP contribution in [0, 0.1) is 0 Å². The van der Waals surface area contributed by atoms with E-state index in [1.807, 2.05) is 30.3 Å². The maximum atomic E-state index is 5.66. The minimum Gasteiger partial charge on any atom is -0.492 e. The quantitative estimate of drug-likeness (QED) is 0.778. The molecular weight excluding hydrogens is 222 g/mol. The first-order valence-corrected chi connectivity index (χ1v) is 6.39. The maximum absolute atomic E-state index is 5.66. The molecule has 0 amide bonds. The summed E-state index contributed by atoms with van der Waals surface area (Å²) in [6, 6.07) is 18.4. The molecule has 0 saturated heterocycles. The maximum Gasteiger partial charge on any atom is 0.119 e. The zero-order valence-corrected chi connectivity index (χ0v) is 10.7. The first-order chi connectivity index (χ1) is 8.88. The van der Waals surface area contributed by atoms with E-state index >= 15 is 0 Å². The van der Waals surface area contributed by atoms with E-state index in [9.17, 15) is 0 Å². The Balaban J connectivity index is 1.72. The molecule has 0 saturated carbocycles. The Kier molecular flexibility index (Phi) is 4.65. The first-order valence-electron chi connectivity index (χ1n) is 6.39. The smallest absolute Gasteiger partial charge is 0.119 e. The second kappa shape index (κ2) is 6.70. The average molecular weight is 241 g/mol. The molecule has 2 nitrogen and oxygen atoms in total. The van der Waals surface area contributed by atoms with Gasteiger partial charge in [0.05, 0.1) is 0 Å². The topological polar surface area (TPSA) is 21.3 Å². The number of nitrogens with one attached hydrogen (secondary N) is 1. The number of anilines is 1. The van der Waals surface area contributed by atoms with E-state index in [1.54, 1.807) is 0 Å². The number of benzene rings is 2. The molecule has 0 aliphatic heterocycles. The van der Waals surface area contributed by atoms with Gasteiger partial charge >= 0.3 is 0 Å². The van der Waals surface area contributed by atoms with Crippen LogP contribution in [0.2, 0.25) is 0 Å². The number of para-hydroxylation sites is 1. The van der Waals surface area contributed by atoms with Gasteiger partial charge in [0.25, 0.3) is 0 Å². The second-order valence-electron chi connectivity index (χ2n) is 4.14. The third-order valence-corrected chi connectivity index (χ3v) is 2.81. The number of hydrogen-bond donors (Lipinski definition) is 1. The van der Waals surface area contributed by atoms with Crippen molar-refractivity contribution in [3.8, 4) is 5.75 Å². The summed E-state index contributed by atoms with van der Waals surface area (Å²) in [4.78, 5) is 0. The van der Waals surface area contributed by atoms with Gasteiger partial charge < -0.3 is 10.1 Å². The van der Waals surface area contributed by atoms with E-state index in [2.05, 4.69) is 36.5 Å². The largest absolute Gasteiger partial charge is 0.492 e. The van der Waals surface area contributed by atoms with E-state index in [0.717, 1.165) is 24.4 Å². The zero-order chi connectivity index (χ0) is 12.6. The molecule has 18 heavy (non-hydrogen) atoms. The fraction of sp³-hybridized carbons (Fsp3) is 0.250. The van der Waals surface area contributed by atoms with Crippen molar-refractivity contribution in [2.75, 3.05) is 18.5 Å². The molecule has 0 radical (unpaired) electrons. The van der Waals surface area contributed by atoms with Crippen molar-refractivity contribution < 1.29 is 4.74 Å². The SMILES string of the molecule is CCc1ccc(OCCNc2ccccc2)cc1. The Morgan fingerprint density at radius 3 is 2.33 bits per heavy atom. The minimum atomic E-state index is 0.667. The number of aryl methyl sites for hydroxylation is 1. The lowest BCUT2D eigenvalue weighted by Gasteiger charge is -2.08. The highest BCUT2D eigenvalue weighted by atomic mass is 16.5. The molecule has 0 spiro atoms. The summed E-state index contributed by atoms with van der Waals surface area (Å²) in [6.45, 7) is 3.62. The van der Waals surface area contributed by atoms with Gasteiger partial charge in [0.15, 0.2) is 0 Å². The van der Waals surface area contributed by atoms with Gasteiger partial charge in [0, 0.05) is 12.2 Å². The molecule has 0 unspecified atom stereocenters. The van der Waals surface area contributed by atoms with Crippen molar-refractivity contribution in [3.63, 3.8) is 0 Å². The second-order valence-corrected chi connectivity index (χ2v) is 4.14. The van der Waals surface area contributed by atoms with Crippen LogP contribution >= 0.6 is 0 Å². The summed E-state index contributed by atoms with van der Waals surface area (Å²) in [5.74, 6) is 0.932. The number of ether oxygens (including phenoxy) is 1. The molecule has 2 rings (SSSR count). The fourth-order valence-corrected chi connectivity index (χ4v) is 1.74. The Hall–Kier alpha value is -1.96. The van der Waals surface area contributed by atoms with Crippen LogP contribution < -0.4 is 10.1 Å². The Bertz CT molecular complexity index is 450. The number of hydrogen-bond acceptors (Lipinski definition) is 2. The molecule has 2 heteroatoms. The highest BCUT2D eigenvalue weighted by Crippen LogP contribution is 2.12. The lowest BCUT2D eigenvalue weighted by molar-refractivity contribution is 0.333. The molecule has 1 N–H and O–H groups in total. The van der Waals surface area contributed by atoms with Crippen molar-refractivity contribution in [1.82, 2.24) is 0 Å². The standard InChI is InChI=1S/C16H19NO/c1-2-14-8-10-16(11-9-14)18-13-12-17-15-6-4-3-5-7-15/h3-11,17H,2,12-13H2,1H3. The summed E-state index contributed by atoms with van der Waals surface area (Å²) >= 11 is 0. The molecule has 0 aromatic heterocycles. The van der Waals surface area contributed by atoms with Gasteiger partial charge in [-0.2, -0.15) is 0 Å². The highest BCUT2D eigenvalue weighted by molar-refractivity contribution is 5.42. The fourth-order valence-electron chi connectivity index (χ4n) is 1.74. The van der Waals surface area contributed by atoms with Gasteiger partial charge in [-0.05, 0) is 36.2 Å². The molecule has 0 bridgehead atoms. The van der Waals surface area contributed by atoms with Crippen molar-refractivity contribution >= 4 is 5.69 Å². The first kappa shape index (κ1) is 12.5. The molecule has 0 aliphatic carbocycles. The molecule has 94 valence electrons. The van der Waals surface area contributed by atoms with Crippen LogP contribution in [0.3, 0.4) is 0 Å². The Morgan fingerprint density at radius 2 is 1.67 bits per heavy atom. The van der Waals surface area contributed by atoms with E-state index in [-0.39, 0.29) is 0 Å². The van der Waals surface area contributed by atoms with Crippen molar-refractivity contribution in [2.24, 2.45) is 0 Å². The lowest BCUT2D eigenvalue weighted by Crippen LogP contribution is -2.11. The van der Waals surface area contributed by atoms with E-state index in [4.69, 9.17) is 4.74 Å². The van der Waals surface area contributed by atoms with Crippen molar-refractivity contribution in [3.05, 3.63) is 60.2 Å². The minimum absolute atomic E-state index is 0.667. The molecule has 2 aromatic carbocycles. The predicted molar refractivity (Wildman–Crippen MR) is 76.2 cm³/mol. The molecule has 0 atom stereocenters. The van der Waals surface area contributed by atoms with Crippen molar-refractivity contribution in [2.45, 2.75) is 13.3 Å². The summed E-state index contributed by atoms with van der Waals surface area (Å²) in [5, 5.41) is 3.31. The molecule has 0 heterocycles. The zero-order valence-electron chi connectivity index (χ0n) is 10.7. The van der Waals surface area contributed by atoms with Crippen LogP contribution in [0.1, 0.15) is 12.5 Å². The van der Waals surface area contributed by atoms with Gasteiger partial charge in [-0.3, -0.25) is 0 Å². The normalized spacial score (nSPS) is 10.1. The van der Waals surface area contributed by atoms with E-state index in [0.29, 0.717) is 6.61 Å². The van der Waals surface area contributed by atoms with E-state index in [1.165, 1.54) is 5.56 Å². The summed E-state index contributed by atoms with van der Waals surface area (Å²) in [7, 11) is 0. The Morgan fingerprint density at radius 1 is 0.944 bits per heavy atom. The predicted octanol–water partition coefficient (Wildman–Crippen LogP) is 3.74. The average Bonchev–Trinajstić information content (AvgIpc) is 2.45. The summed E-state index contributed by atoms with van der Waals surface area (Å²) in [6.07, 6.45) is 1.07. The third-order valence-electron chi connectivity index (χ3n) is 2.81. The van der Waals surface area contributed by atoms with Gasteiger partial charge in [-0.25, -0.2) is 0 Å². The van der Waals surface area contributed by atoms with Crippen LogP contribution in [-0.4, -0.2) is 13.2 Å². The van der Waals surface area contributed by atoms with Crippen LogP contribution in [0.15, 0.2) is 54.6 Å². The van der Waals surface area contributed by atoms with Crippen LogP contribution in [0.25, 0.3) is 0 Å². The highest BCUT2D eigenvalue weighted by Gasteiger charge is 1.94. The third kappa shape index (κ3) is 3.81. The summed E-state index contributed by atoms with van der Waals surface area (Å²) in [5.41, 5.74) is 2.46. The Labute approximate surface area is 109 Å². The van der Waals surface area contributed by atoms with Gasteiger partial charge in [-0.15, -0.1) is 0 Å².